The molecule has 4 heteroatoms. The van der Waals surface area contributed by atoms with Crippen LogP contribution in [-0.4, -0.2) is 14.5 Å². The Hall–Kier alpha value is -5.06. The average molecular weight is 528 g/mol. The molecule has 0 fully saturated rings. The molecular formula is C36H21N3S. The fourth-order valence-electron chi connectivity index (χ4n) is 6.25. The third kappa shape index (κ3) is 3.05. The number of benzene rings is 5. The zero-order chi connectivity index (χ0) is 26.2. The fraction of sp³-hybridized carbons (Fsp3) is 0. The maximum Gasteiger partial charge on any atom is 0.0832 e. The number of para-hydroxylation sites is 1. The first-order valence-electron chi connectivity index (χ1n) is 13.4. The summed E-state index contributed by atoms with van der Waals surface area (Å²) in [5.74, 6) is 0. The van der Waals surface area contributed by atoms with Crippen molar-refractivity contribution in [1.82, 2.24) is 14.5 Å². The van der Waals surface area contributed by atoms with Gasteiger partial charge in [-0.1, -0.05) is 54.6 Å². The number of hydrogen-bond acceptors (Lipinski definition) is 3. The summed E-state index contributed by atoms with van der Waals surface area (Å²) < 4.78 is 5.04. The summed E-state index contributed by atoms with van der Waals surface area (Å²) in [5, 5.41) is 7.24. The average Bonchev–Trinajstić information content (AvgIpc) is 3.55. The number of nitrogens with zero attached hydrogens (tertiary/aromatic N) is 3. The highest BCUT2D eigenvalue weighted by Gasteiger charge is 2.17. The number of pyridine rings is 2. The number of aromatic nitrogens is 3. The van der Waals surface area contributed by atoms with Crippen molar-refractivity contribution in [3.05, 3.63) is 128 Å². The van der Waals surface area contributed by atoms with Crippen LogP contribution in [0.3, 0.4) is 0 Å². The van der Waals surface area contributed by atoms with Crippen LogP contribution in [0.4, 0.5) is 0 Å². The van der Waals surface area contributed by atoms with Crippen molar-refractivity contribution < 1.29 is 0 Å². The molecule has 0 saturated heterocycles. The Balaban J connectivity index is 1.33. The molecule has 0 amide bonds. The minimum absolute atomic E-state index is 0.947. The third-order valence-corrected chi connectivity index (χ3v) is 9.21. The molecule has 0 aliphatic rings. The molecule has 40 heavy (non-hydrogen) atoms. The highest BCUT2D eigenvalue weighted by Crippen LogP contribution is 2.40. The first-order valence-corrected chi connectivity index (χ1v) is 14.2. The van der Waals surface area contributed by atoms with E-state index in [4.69, 9.17) is 9.97 Å². The molecule has 0 atom stereocenters. The van der Waals surface area contributed by atoms with E-state index >= 15 is 0 Å². The third-order valence-electron chi connectivity index (χ3n) is 8.06. The van der Waals surface area contributed by atoms with Crippen LogP contribution in [0.5, 0.6) is 0 Å². The fourth-order valence-corrected chi connectivity index (χ4v) is 7.34. The van der Waals surface area contributed by atoms with E-state index in [-0.39, 0.29) is 0 Å². The van der Waals surface area contributed by atoms with Gasteiger partial charge in [0.15, 0.2) is 0 Å². The Labute approximate surface area is 233 Å². The van der Waals surface area contributed by atoms with Crippen molar-refractivity contribution in [2.24, 2.45) is 0 Å². The van der Waals surface area contributed by atoms with Crippen LogP contribution in [0.1, 0.15) is 0 Å². The van der Waals surface area contributed by atoms with Crippen LogP contribution >= 0.6 is 11.3 Å². The summed E-state index contributed by atoms with van der Waals surface area (Å²) in [6.45, 7) is 0. The number of hydrogen-bond donors (Lipinski definition) is 0. The van der Waals surface area contributed by atoms with Gasteiger partial charge in [-0.25, -0.2) is 0 Å². The van der Waals surface area contributed by atoms with Crippen molar-refractivity contribution >= 4 is 75.1 Å². The second-order valence-corrected chi connectivity index (χ2v) is 11.3. The molecule has 0 bridgehead atoms. The van der Waals surface area contributed by atoms with Crippen LogP contribution in [0, 0.1) is 0 Å². The van der Waals surface area contributed by atoms with Crippen molar-refractivity contribution in [2.75, 3.05) is 0 Å². The van der Waals surface area contributed by atoms with Gasteiger partial charge < -0.3 is 4.57 Å². The zero-order valence-corrected chi connectivity index (χ0v) is 22.2. The van der Waals surface area contributed by atoms with E-state index in [1.165, 1.54) is 53.1 Å². The van der Waals surface area contributed by atoms with E-state index in [0.717, 1.165) is 27.5 Å². The smallest absolute Gasteiger partial charge is 0.0832 e. The van der Waals surface area contributed by atoms with Gasteiger partial charge in [0, 0.05) is 48.7 Å². The Bertz CT molecular complexity index is 2450. The van der Waals surface area contributed by atoms with Crippen molar-refractivity contribution in [1.29, 1.82) is 0 Å². The molecular weight excluding hydrogens is 506 g/mol. The molecule has 0 radical (unpaired) electrons. The molecule has 9 rings (SSSR count). The van der Waals surface area contributed by atoms with E-state index in [9.17, 15) is 0 Å². The van der Waals surface area contributed by atoms with Gasteiger partial charge in [0.25, 0.3) is 0 Å². The SMILES string of the molecule is c1cnc2c(c1)cnc1cccc(-n3c4ccccc4c4cc(-c5ccc6sc7ccccc7c6c5)ccc43)c12. The first kappa shape index (κ1) is 21.8. The Morgan fingerprint density at radius 2 is 1.32 bits per heavy atom. The summed E-state index contributed by atoms with van der Waals surface area (Å²) in [5.41, 5.74) is 7.82. The van der Waals surface area contributed by atoms with Gasteiger partial charge in [0.1, 0.15) is 0 Å². The highest BCUT2D eigenvalue weighted by molar-refractivity contribution is 7.25. The Morgan fingerprint density at radius 1 is 0.550 bits per heavy atom. The number of thiophene rings is 1. The second-order valence-electron chi connectivity index (χ2n) is 10.3. The normalized spacial score (nSPS) is 12.0. The lowest BCUT2D eigenvalue weighted by molar-refractivity contribution is 1.19. The van der Waals surface area contributed by atoms with Crippen LogP contribution in [-0.2, 0) is 0 Å². The van der Waals surface area contributed by atoms with Gasteiger partial charge >= 0.3 is 0 Å². The molecule has 0 saturated carbocycles. The van der Waals surface area contributed by atoms with E-state index in [1.54, 1.807) is 0 Å². The first-order chi connectivity index (χ1) is 19.8. The van der Waals surface area contributed by atoms with Crippen LogP contribution in [0.2, 0.25) is 0 Å². The summed E-state index contributed by atoms with van der Waals surface area (Å²) in [7, 11) is 0. The quantitative estimate of drug-likeness (QED) is 0.209. The predicted octanol–water partition coefficient (Wildman–Crippen LogP) is 9.91. The lowest BCUT2D eigenvalue weighted by Gasteiger charge is -2.13. The standard InChI is InChI=1S/C36H21N3S/c1-3-11-30-25(8-1)27-19-22(23-15-17-34-28(20-23)26-9-2-4-13-33(26)40-34)14-16-31(27)39(30)32-12-5-10-29-35(32)36-24(21-38-29)7-6-18-37-36/h1-21H. The molecule has 0 aliphatic heterocycles. The van der Waals surface area contributed by atoms with E-state index in [0.29, 0.717) is 0 Å². The minimum atomic E-state index is 0.947. The largest absolute Gasteiger partial charge is 0.308 e. The molecule has 5 aromatic carbocycles. The Kier molecular flexibility index (Phi) is 4.48. The molecule has 9 aromatic rings. The van der Waals surface area contributed by atoms with Gasteiger partial charge in [0.2, 0.25) is 0 Å². The summed E-state index contributed by atoms with van der Waals surface area (Å²) in [6, 6.07) is 41.5. The molecule has 0 spiro atoms. The maximum atomic E-state index is 4.78. The maximum absolute atomic E-state index is 4.78. The minimum Gasteiger partial charge on any atom is -0.308 e. The van der Waals surface area contributed by atoms with E-state index in [1.807, 2.05) is 29.8 Å². The number of rotatable bonds is 2. The van der Waals surface area contributed by atoms with E-state index < -0.39 is 0 Å². The summed E-state index contributed by atoms with van der Waals surface area (Å²) >= 11 is 1.86. The molecule has 4 aromatic heterocycles. The predicted molar refractivity (Wildman–Crippen MR) is 170 cm³/mol. The van der Waals surface area contributed by atoms with Gasteiger partial charge in [-0.2, -0.15) is 0 Å². The molecule has 0 N–H and O–H groups in total. The van der Waals surface area contributed by atoms with Crippen LogP contribution in [0.15, 0.2) is 128 Å². The van der Waals surface area contributed by atoms with E-state index in [2.05, 4.69) is 114 Å². The summed E-state index contributed by atoms with van der Waals surface area (Å²) in [4.78, 5) is 9.57. The molecule has 4 heterocycles. The van der Waals surface area contributed by atoms with Gasteiger partial charge in [-0.05, 0) is 71.8 Å². The Morgan fingerprint density at radius 3 is 2.27 bits per heavy atom. The summed E-state index contributed by atoms with van der Waals surface area (Å²) in [6.07, 6.45) is 3.78. The topological polar surface area (TPSA) is 30.7 Å². The van der Waals surface area contributed by atoms with Crippen LogP contribution < -0.4 is 0 Å². The van der Waals surface area contributed by atoms with Crippen molar-refractivity contribution in [2.45, 2.75) is 0 Å². The molecule has 0 aliphatic carbocycles. The van der Waals surface area contributed by atoms with Gasteiger partial charge in [-0.15, -0.1) is 11.3 Å². The van der Waals surface area contributed by atoms with Crippen LogP contribution in [0.25, 0.3) is 80.6 Å². The zero-order valence-electron chi connectivity index (χ0n) is 21.4. The molecule has 3 nitrogen and oxygen atoms in total. The monoisotopic (exact) mass is 527 g/mol. The highest BCUT2D eigenvalue weighted by atomic mass is 32.1. The lowest BCUT2D eigenvalue weighted by Crippen LogP contribution is -1.97. The molecule has 186 valence electrons. The van der Waals surface area contributed by atoms with Crippen molar-refractivity contribution in [3.63, 3.8) is 0 Å². The van der Waals surface area contributed by atoms with Crippen molar-refractivity contribution in [3.8, 4) is 16.8 Å². The van der Waals surface area contributed by atoms with Gasteiger partial charge in [-0.3, -0.25) is 9.97 Å². The number of fused-ring (bicyclic) bond motifs is 9. The second kappa shape index (κ2) is 8.22. The lowest BCUT2D eigenvalue weighted by atomic mass is 10.0. The van der Waals surface area contributed by atoms with Gasteiger partial charge in [0.05, 0.1) is 33.1 Å². The molecule has 0 unspecified atom stereocenters.